The molecule has 4 fully saturated rings. The maximum atomic E-state index is 12.6. The molecule has 0 saturated heterocycles. The Balaban J connectivity index is 1.23. The van der Waals surface area contributed by atoms with E-state index in [1.807, 2.05) is 0 Å². The molecule has 4 aliphatic carbocycles. The molecule has 1 heterocycles. The van der Waals surface area contributed by atoms with Crippen LogP contribution in [0.15, 0.2) is 47.6 Å². The third-order valence-electron chi connectivity index (χ3n) is 7.92. The summed E-state index contributed by atoms with van der Waals surface area (Å²) in [6, 6.07) is 8.59. The molecule has 4 bridgehead atoms. The van der Waals surface area contributed by atoms with Gasteiger partial charge >= 0.3 is 0 Å². The van der Waals surface area contributed by atoms with Gasteiger partial charge in [0.15, 0.2) is 5.11 Å². The van der Waals surface area contributed by atoms with Crippen LogP contribution in [0, 0.1) is 23.2 Å². The van der Waals surface area contributed by atoms with E-state index in [9.17, 15) is 8.42 Å². The van der Waals surface area contributed by atoms with Gasteiger partial charge in [-0.1, -0.05) is 13.3 Å². The Morgan fingerprint density at radius 2 is 1.65 bits per heavy atom. The van der Waals surface area contributed by atoms with Crippen LogP contribution in [0.25, 0.3) is 0 Å². The number of anilines is 2. The molecule has 6 rings (SSSR count). The number of hydrogen-bond donors (Lipinski definition) is 3. The SMILES string of the molecule is CCC[C@H](NC(=S)Nc1ccc(S(=O)(=O)Nc2ncccn2)cc1)C12CC3CC(CC(C3)C1)C2. The molecular weight excluding hydrogens is 466 g/mol. The summed E-state index contributed by atoms with van der Waals surface area (Å²) in [6.45, 7) is 2.25. The van der Waals surface area contributed by atoms with Gasteiger partial charge in [0.2, 0.25) is 5.95 Å². The van der Waals surface area contributed by atoms with E-state index >= 15 is 0 Å². The molecule has 4 saturated carbocycles. The van der Waals surface area contributed by atoms with Gasteiger partial charge in [-0.05, 0) is 111 Å². The molecule has 9 heteroatoms. The van der Waals surface area contributed by atoms with Crippen molar-refractivity contribution in [1.29, 1.82) is 0 Å². The van der Waals surface area contributed by atoms with Gasteiger partial charge < -0.3 is 10.6 Å². The topological polar surface area (TPSA) is 96.0 Å². The van der Waals surface area contributed by atoms with Crippen molar-refractivity contribution in [3.05, 3.63) is 42.7 Å². The Labute approximate surface area is 207 Å². The van der Waals surface area contributed by atoms with Gasteiger partial charge in [-0.2, -0.15) is 0 Å². The van der Waals surface area contributed by atoms with E-state index < -0.39 is 10.0 Å². The summed E-state index contributed by atoms with van der Waals surface area (Å²) in [5.41, 5.74) is 1.13. The fraction of sp³-hybridized carbons (Fsp3) is 0.560. The van der Waals surface area contributed by atoms with Crippen LogP contribution in [-0.2, 0) is 10.0 Å². The molecule has 0 radical (unpaired) electrons. The highest BCUT2D eigenvalue weighted by Gasteiger charge is 2.54. The van der Waals surface area contributed by atoms with Crippen LogP contribution in [0.3, 0.4) is 0 Å². The zero-order valence-corrected chi connectivity index (χ0v) is 21.2. The van der Waals surface area contributed by atoms with Crippen molar-refractivity contribution >= 4 is 39.0 Å². The monoisotopic (exact) mass is 499 g/mol. The Morgan fingerprint density at radius 3 is 2.21 bits per heavy atom. The average Bonchev–Trinajstić information content (AvgIpc) is 2.79. The second-order valence-corrected chi connectivity index (χ2v) is 12.5. The minimum atomic E-state index is -3.76. The second kappa shape index (κ2) is 9.41. The lowest BCUT2D eigenvalue weighted by atomic mass is 9.47. The minimum absolute atomic E-state index is 0.0433. The van der Waals surface area contributed by atoms with E-state index in [4.69, 9.17) is 12.2 Å². The lowest BCUT2D eigenvalue weighted by molar-refractivity contribution is -0.0718. The highest BCUT2D eigenvalue weighted by molar-refractivity contribution is 7.92. The first-order valence-electron chi connectivity index (χ1n) is 12.3. The molecule has 0 spiro atoms. The summed E-state index contributed by atoms with van der Waals surface area (Å²) in [4.78, 5) is 7.97. The van der Waals surface area contributed by atoms with Gasteiger partial charge in [-0.25, -0.2) is 23.1 Å². The number of aromatic nitrogens is 2. The number of thiocarbonyl (C=S) groups is 1. The van der Waals surface area contributed by atoms with Crippen LogP contribution in [0.2, 0.25) is 0 Å². The quantitative estimate of drug-likeness (QED) is 0.442. The standard InChI is InChI=1S/C25H33N5O2S2/c1-2-4-22(25-14-17-11-18(15-25)13-19(12-17)16-25)29-24(33)28-20-5-7-21(8-6-20)34(31,32)30-23-26-9-3-10-27-23/h3,5-10,17-19,22H,2,4,11-16H2,1H3,(H,26,27,30)(H2,28,29,33)/t17?,18?,19?,22-,25?/m0/s1. The van der Waals surface area contributed by atoms with Crippen LogP contribution >= 0.6 is 12.2 Å². The van der Waals surface area contributed by atoms with Crippen molar-refractivity contribution in [2.24, 2.45) is 23.2 Å². The van der Waals surface area contributed by atoms with Gasteiger partial charge in [0, 0.05) is 24.1 Å². The van der Waals surface area contributed by atoms with Gasteiger partial charge in [0.25, 0.3) is 10.0 Å². The smallest absolute Gasteiger partial charge is 0.264 e. The first-order valence-corrected chi connectivity index (χ1v) is 14.2. The van der Waals surface area contributed by atoms with Gasteiger partial charge in [0.05, 0.1) is 4.90 Å². The van der Waals surface area contributed by atoms with Crippen molar-refractivity contribution in [1.82, 2.24) is 15.3 Å². The molecule has 0 amide bonds. The summed E-state index contributed by atoms with van der Waals surface area (Å²) < 4.78 is 27.6. The molecule has 0 aliphatic heterocycles. The Bertz CT molecular complexity index is 1090. The predicted octanol–water partition coefficient (Wildman–Crippen LogP) is 4.95. The molecule has 2 aromatic rings. The van der Waals surface area contributed by atoms with Crippen molar-refractivity contribution < 1.29 is 8.42 Å². The number of hydrogen-bond acceptors (Lipinski definition) is 5. The van der Waals surface area contributed by atoms with Crippen molar-refractivity contribution in [2.75, 3.05) is 10.0 Å². The maximum Gasteiger partial charge on any atom is 0.264 e. The van der Waals surface area contributed by atoms with Crippen molar-refractivity contribution in [3.8, 4) is 0 Å². The van der Waals surface area contributed by atoms with Gasteiger partial charge in [-0.15, -0.1) is 0 Å². The fourth-order valence-electron chi connectivity index (χ4n) is 7.00. The Morgan fingerprint density at radius 1 is 1.06 bits per heavy atom. The molecule has 0 unspecified atom stereocenters. The molecule has 4 aliphatic rings. The van der Waals surface area contributed by atoms with E-state index in [1.54, 1.807) is 30.3 Å². The summed E-state index contributed by atoms with van der Waals surface area (Å²) >= 11 is 5.71. The first-order chi connectivity index (χ1) is 16.3. The predicted molar refractivity (Wildman–Crippen MR) is 138 cm³/mol. The number of benzene rings is 1. The van der Waals surface area contributed by atoms with E-state index in [0.717, 1.165) is 36.3 Å². The number of nitrogens with one attached hydrogen (secondary N) is 3. The number of nitrogens with zero attached hydrogens (tertiary/aromatic N) is 2. The highest BCUT2D eigenvalue weighted by atomic mass is 32.2. The Hall–Kier alpha value is -2.26. The van der Waals surface area contributed by atoms with Crippen molar-refractivity contribution in [3.63, 3.8) is 0 Å². The lowest BCUT2D eigenvalue weighted by Crippen LogP contribution is -2.57. The molecule has 1 aromatic carbocycles. The normalized spacial score (nSPS) is 28.3. The van der Waals surface area contributed by atoms with E-state index in [1.165, 1.54) is 50.9 Å². The maximum absolute atomic E-state index is 12.6. The highest BCUT2D eigenvalue weighted by Crippen LogP contribution is 2.61. The van der Waals surface area contributed by atoms with Crippen LogP contribution < -0.4 is 15.4 Å². The molecule has 1 aromatic heterocycles. The third kappa shape index (κ3) is 4.91. The van der Waals surface area contributed by atoms with E-state index in [-0.39, 0.29) is 10.8 Å². The third-order valence-corrected chi connectivity index (χ3v) is 9.49. The zero-order valence-electron chi connectivity index (χ0n) is 19.5. The Kier molecular flexibility index (Phi) is 6.50. The summed E-state index contributed by atoms with van der Waals surface area (Å²) in [5.74, 6) is 2.75. The number of sulfonamides is 1. The second-order valence-electron chi connectivity index (χ2n) is 10.4. The van der Waals surface area contributed by atoms with E-state index in [0.29, 0.717) is 16.6 Å². The molecule has 7 nitrogen and oxygen atoms in total. The zero-order chi connectivity index (χ0) is 23.8. The van der Waals surface area contributed by atoms with Gasteiger partial charge in [0.1, 0.15) is 0 Å². The van der Waals surface area contributed by atoms with Crippen LogP contribution in [-0.4, -0.2) is 29.5 Å². The summed E-state index contributed by atoms with van der Waals surface area (Å²) in [5, 5.41) is 7.56. The molecular formula is C25H33N5O2S2. The average molecular weight is 500 g/mol. The minimum Gasteiger partial charge on any atom is -0.359 e. The lowest BCUT2D eigenvalue weighted by Gasteiger charge is -2.59. The van der Waals surface area contributed by atoms with Crippen LogP contribution in [0.1, 0.15) is 58.3 Å². The summed E-state index contributed by atoms with van der Waals surface area (Å²) in [6.07, 6.45) is 13.5. The fourth-order valence-corrected chi connectivity index (χ4v) is 8.22. The largest absolute Gasteiger partial charge is 0.359 e. The molecule has 1 atom stereocenters. The van der Waals surface area contributed by atoms with Crippen LogP contribution in [0.5, 0.6) is 0 Å². The summed E-state index contributed by atoms with van der Waals surface area (Å²) in [7, 11) is -3.76. The van der Waals surface area contributed by atoms with Gasteiger partial charge in [-0.3, -0.25) is 0 Å². The number of rotatable bonds is 8. The van der Waals surface area contributed by atoms with Crippen molar-refractivity contribution in [2.45, 2.75) is 69.2 Å². The van der Waals surface area contributed by atoms with E-state index in [2.05, 4.69) is 32.2 Å². The molecule has 34 heavy (non-hydrogen) atoms. The van der Waals surface area contributed by atoms with Crippen LogP contribution in [0.4, 0.5) is 11.6 Å². The first kappa shape index (κ1) is 23.5. The molecule has 3 N–H and O–H groups in total. The molecule has 182 valence electrons.